The van der Waals surface area contributed by atoms with Crippen molar-refractivity contribution in [1.82, 2.24) is 0 Å². The van der Waals surface area contributed by atoms with E-state index in [1.54, 1.807) is 13.0 Å². The topological polar surface area (TPSA) is 86.0 Å². The molecule has 2 aromatic carbocycles. The lowest BCUT2D eigenvalue weighted by molar-refractivity contribution is 0.0473. The molecule has 0 fully saturated rings. The third-order valence-electron chi connectivity index (χ3n) is 4.37. The maximum Gasteiger partial charge on any atom is 0.338 e. The highest BCUT2D eigenvalue weighted by atomic mass is 35.5. The molecule has 1 heterocycles. The normalized spacial score (nSPS) is 10.9. The quantitative estimate of drug-likeness (QED) is 0.498. The Kier molecular flexibility index (Phi) is 5.61. The van der Waals surface area contributed by atoms with Gasteiger partial charge in [-0.2, -0.15) is 0 Å². The maximum absolute atomic E-state index is 12.5. The summed E-state index contributed by atoms with van der Waals surface area (Å²) in [7, 11) is 0. The van der Waals surface area contributed by atoms with Gasteiger partial charge in [0.1, 0.15) is 12.2 Å². The number of aromatic hydroxyl groups is 1. The number of aryl methyl sites for hydroxylation is 2. The third-order valence-corrected chi connectivity index (χ3v) is 4.66. The lowest BCUT2D eigenvalue weighted by Gasteiger charge is -2.11. The Morgan fingerprint density at radius 1 is 1.14 bits per heavy atom. The fourth-order valence-corrected chi connectivity index (χ4v) is 3.00. The van der Waals surface area contributed by atoms with Gasteiger partial charge in [0.15, 0.2) is 11.5 Å². The minimum Gasteiger partial charge on any atom is -0.503 e. The van der Waals surface area contributed by atoms with Gasteiger partial charge in [-0.1, -0.05) is 11.6 Å². The van der Waals surface area contributed by atoms with E-state index in [4.69, 9.17) is 25.5 Å². The highest BCUT2D eigenvalue weighted by Crippen LogP contribution is 2.35. The molecule has 28 heavy (non-hydrogen) atoms. The summed E-state index contributed by atoms with van der Waals surface area (Å²) >= 11 is 5.96. The van der Waals surface area contributed by atoms with Gasteiger partial charge in [0, 0.05) is 17.0 Å². The Labute approximate surface area is 166 Å². The lowest BCUT2D eigenvalue weighted by Crippen LogP contribution is -2.08. The van der Waals surface area contributed by atoms with E-state index in [-0.39, 0.29) is 28.7 Å². The average molecular weight is 403 g/mol. The van der Waals surface area contributed by atoms with Crippen LogP contribution in [0.5, 0.6) is 11.5 Å². The standard InChI is InChI=1S/C21H19ClO6/c1-4-26-18-8-13(7-16(22)20(18)24)21(25)27-10-14-9-19(23)28-17-6-12(3)11(2)5-15(14)17/h5-9,24H,4,10H2,1-3H3. The van der Waals surface area contributed by atoms with Crippen LogP contribution >= 0.6 is 11.6 Å². The molecule has 0 saturated carbocycles. The number of hydrogen-bond acceptors (Lipinski definition) is 6. The van der Waals surface area contributed by atoms with Crippen molar-refractivity contribution in [2.45, 2.75) is 27.4 Å². The summed E-state index contributed by atoms with van der Waals surface area (Å²) in [4.78, 5) is 24.3. The predicted octanol–water partition coefficient (Wildman–Crippen LogP) is 4.52. The van der Waals surface area contributed by atoms with Crippen molar-refractivity contribution in [3.05, 3.63) is 68.0 Å². The highest BCUT2D eigenvalue weighted by Gasteiger charge is 2.16. The van der Waals surface area contributed by atoms with E-state index < -0.39 is 11.6 Å². The van der Waals surface area contributed by atoms with Gasteiger partial charge in [0.25, 0.3) is 0 Å². The highest BCUT2D eigenvalue weighted by molar-refractivity contribution is 6.32. The van der Waals surface area contributed by atoms with Crippen LogP contribution in [0.4, 0.5) is 0 Å². The van der Waals surface area contributed by atoms with E-state index in [1.807, 2.05) is 19.9 Å². The number of phenolic OH excluding ortho intramolecular Hbond substituents is 1. The first-order valence-electron chi connectivity index (χ1n) is 8.66. The molecule has 0 radical (unpaired) electrons. The summed E-state index contributed by atoms with van der Waals surface area (Å²) < 4.78 is 15.9. The summed E-state index contributed by atoms with van der Waals surface area (Å²) in [5, 5.41) is 10.6. The van der Waals surface area contributed by atoms with E-state index in [0.717, 1.165) is 11.1 Å². The molecule has 0 spiro atoms. The summed E-state index contributed by atoms with van der Waals surface area (Å²) in [5.74, 6) is -0.801. The zero-order chi connectivity index (χ0) is 20.4. The summed E-state index contributed by atoms with van der Waals surface area (Å²) in [5.41, 5.74) is 2.61. The van der Waals surface area contributed by atoms with Gasteiger partial charge in [-0.3, -0.25) is 0 Å². The predicted molar refractivity (Wildman–Crippen MR) is 105 cm³/mol. The van der Waals surface area contributed by atoms with E-state index in [1.165, 1.54) is 18.2 Å². The molecule has 146 valence electrons. The van der Waals surface area contributed by atoms with Crippen molar-refractivity contribution in [1.29, 1.82) is 0 Å². The lowest BCUT2D eigenvalue weighted by atomic mass is 10.0. The van der Waals surface area contributed by atoms with Crippen LogP contribution in [0.25, 0.3) is 11.0 Å². The van der Waals surface area contributed by atoms with E-state index in [9.17, 15) is 14.7 Å². The van der Waals surface area contributed by atoms with Crippen molar-refractivity contribution < 1.29 is 23.8 Å². The van der Waals surface area contributed by atoms with Crippen molar-refractivity contribution >= 4 is 28.5 Å². The van der Waals surface area contributed by atoms with Crippen molar-refractivity contribution in [2.24, 2.45) is 0 Å². The fraction of sp³-hybridized carbons (Fsp3) is 0.238. The van der Waals surface area contributed by atoms with E-state index in [2.05, 4.69) is 0 Å². The molecule has 0 atom stereocenters. The van der Waals surface area contributed by atoms with Crippen LogP contribution in [0, 0.1) is 13.8 Å². The second kappa shape index (κ2) is 7.94. The van der Waals surface area contributed by atoms with E-state index >= 15 is 0 Å². The van der Waals surface area contributed by atoms with Crippen molar-refractivity contribution in [2.75, 3.05) is 6.61 Å². The molecule has 0 bridgehead atoms. The second-order valence-corrected chi connectivity index (χ2v) is 6.74. The molecule has 3 rings (SSSR count). The zero-order valence-electron chi connectivity index (χ0n) is 15.7. The number of phenols is 1. The van der Waals surface area contributed by atoms with Gasteiger partial charge in [-0.05, 0) is 56.2 Å². The van der Waals surface area contributed by atoms with Crippen LogP contribution in [0.3, 0.4) is 0 Å². The molecular weight excluding hydrogens is 384 g/mol. The molecular formula is C21H19ClO6. The smallest absolute Gasteiger partial charge is 0.338 e. The third kappa shape index (κ3) is 3.97. The number of esters is 1. The number of carbonyl (C=O) groups excluding carboxylic acids is 1. The van der Waals surface area contributed by atoms with Crippen LogP contribution in [-0.4, -0.2) is 17.7 Å². The Morgan fingerprint density at radius 3 is 2.57 bits per heavy atom. The molecule has 0 aliphatic heterocycles. The number of rotatable bonds is 5. The minimum atomic E-state index is -0.659. The maximum atomic E-state index is 12.5. The van der Waals surface area contributed by atoms with Crippen molar-refractivity contribution in [3.8, 4) is 11.5 Å². The molecule has 0 aliphatic carbocycles. The Balaban J connectivity index is 1.89. The van der Waals surface area contributed by atoms with Crippen molar-refractivity contribution in [3.63, 3.8) is 0 Å². The number of benzene rings is 2. The number of hydrogen-bond donors (Lipinski definition) is 1. The van der Waals surface area contributed by atoms with Gasteiger partial charge in [0.2, 0.25) is 0 Å². The number of halogens is 1. The summed E-state index contributed by atoms with van der Waals surface area (Å²) in [6.07, 6.45) is 0. The average Bonchev–Trinajstić information content (AvgIpc) is 2.64. The Hall–Kier alpha value is -2.99. The second-order valence-electron chi connectivity index (χ2n) is 6.34. The monoisotopic (exact) mass is 402 g/mol. The van der Waals surface area contributed by atoms with Crippen LogP contribution in [0.15, 0.2) is 39.5 Å². The number of carbonyl (C=O) groups is 1. The molecule has 0 unspecified atom stereocenters. The molecule has 6 nitrogen and oxygen atoms in total. The minimum absolute atomic E-state index is 0.0187. The summed E-state index contributed by atoms with van der Waals surface area (Å²) in [6.45, 7) is 5.79. The first-order valence-corrected chi connectivity index (χ1v) is 9.04. The molecule has 1 N–H and O–H groups in total. The zero-order valence-corrected chi connectivity index (χ0v) is 16.4. The molecule has 7 heteroatoms. The molecule has 3 aromatic rings. The van der Waals surface area contributed by atoms with Gasteiger partial charge in [0.05, 0.1) is 17.2 Å². The van der Waals surface area contributed by atoms with Crippen LogP contribution in [-0.2, 0) is 11.3 Å². The summed E-state index contributed by atoms with van der Waals surface area (Å²) in [6, 6.07) is 7.64. The molecule has 1 aromatic heterocycles. The Morgan fingerprint density at radius 2 is 1.86 bits per heavy atom. The first kappa shape index (κ1) is 19.8. The van der Waals surface area contributed by atoms with Gasteiger partial charge >= 0.3 is 11.6 Å². The van der Waals surface area contributed by atoms with Gasteiger partial charge < -0.3 is 19.0 Å². The molecule has 0 saturated heterocycles. The van der Waals surface area contributed by atoms with Crippen LogP contribution in [0.1, 0.15) is 34.0 Å². The van der Waals surface area contributed by atoms with Crippen LogP contribution < -0.4 is 10.4 Å². The first-order chi connectivity index (χ1) is 13.3. The van der Waals surface area contributed by atoms with Gasteiger partial charge in [-0.25, -0.2) is 9.59 Å². The van der Waals surface area contributed by atoms with E-state index in [0.29, 0.717) is 23.1 Å². The number of fused-ring (bicyclic) bond motifs is 1. The Bertz CT molecular complexity index is 1120. The SMILES string of the molecule is CCOc1cc(C(=O)OCc2cc(=O)oc3cc(C)c(C)cc23)cc(Cl)c1O. The van der Waals surface area contributed by atoms with Gasteiger partial charge in [-0.15, -0.1) is 0 Å². The number of ether oxygens (including phenoxy) is 2. The molecule has 0 aliphatic rings. The molecule has 0 amide bonds. The largest absolute Gasteiger partial charge is 0.503 e. The van der Waals surface area contributed by atoms with Crippen LogP contribution in [0.2, 0.25) is 5.02 Å². The fourth-order valence-electron chi connectivity index (χ4n) is 2.79.